The van der Waals surface area contributed by atoms with Gasteiger partial charge in [-0.2, -0.15) is 0 Å². The van der Waals surface area contributed by atoms with Crippen molar-refractivity contribution in [2.75, 3.05) is 30.4 Å². The zero-order valence-corrected chi connectivity index (χ0v) is 9.47. The summed E-state index contributed by atoms with van der Waals surface area (Å²) in [6, 6.07) is 3.85. The minimum atomic E-state index is 0.687. The Morgan fingerprint density at radius 2 is 2.36 bits per heavy atom. The molecule has 1 aliphatic heterocycles. The third-order valence-corrected chi connectivity index (χ3v) is 3.10. The Kier molecular flexibility index (Phi) is 2.46. The maximum Gasteiger partial charge on any atom is 0.151 e. The van der Waals surface area contributed by atoms with Crippen molar-refractivity contribution in [3.63, 3.8) is 0 Å². The molecule has 74 valence electrons. The van der Waals surface area contributed by atoms with Crippen LogP contribution in [0.2, 0.25) is 0 Å². The lowest BCUT2D eigenvalue weighted by molar-refractivity contribution is 0.112. The van der Waals surface area contributed by atoms with E-state index in [0.29, 0.717) is 5.56 Å². The lowest BCUT2D eigenvalue weighted by atomic mass is 10.1. The number of fused-ring (bicyclic) bond motifs is 1. The molecule has 4 heteroatoms. The average Bonchev–Trinajstić information content (AvgIpc) is 2.19. The lowest BCUT2D eigenvalue weighted by Gasteiger charge is -2.29. The van der Waals surface area contributed by atoms with Gasteiger partial charge in [0.15, 0.2) is 6.29 Å². The van der Waals surface area contributed by atoms with E-state index in [4.69, 9.17) is 0 Å². The molecule has 0 aromatic heterocycles. The molecule has 0 atom stereocenters. The molecule has 0 saturated heterocycles. The second-order valence-electron chi connectivity index (χ2n) is 3.36. The van der Waals surface area contributed by atoms with Crippen LogP contribution >= 0.6 is 15.9 Å². The van der Waals surface area contributed by atoms with Crippen LogP contribution in [-0.2, 0) is 0 Å². The number of hydrogen-bond acceptors (Lipinski definition) is 3. The molecule has 0 amide bonds. The van der Waals surface area contributed by atoms with Gasteiger partial charge in [0.2, 0.25) is 0 Å². The van der Waals surface area contributed by atoms with E-state index in [-0.39, 0.29) is 0 Å². The SMILES string of the molecule is CN1CCNc2cc(C=O)c(Br)cc21. The van der Waals surface area contributed by atoms with E-state index in [1.807, 2.05) is 19.2 Å². The van der Waals surface area contributed by atoms with Gasteiger partial charge in [-0.3, -0.25) is 4.79 Å². The number of nitrogens with zero attached hydrogens (tertiary/aromatic N) is 1. The molecule has 14 heavy (non-hydrogen) atoms. The monoisotopic (exact) mass is 254 g/mol. The maximum absolute atomic E-state index is 10.7. The first-order valence-corrected chi connectivity index (χ1v) is 5.25. The van der Waals surface area contributed by atoms with Crippen LogP contribution in [0, 0.1) is 0 Å². The van der Waals surface area contributed by atoms with Crippen molar-refractivity contribution in [3.05, 3.63) is 22.2 Å². The molecular weight excluding hydrogens is 244 g/mol. The Balaban J connectivity index is 2.53. The number of carbonyl (C=O) groups is 1. The molecule has 1 aromatic carbocycles. The van der Waals surface area contributed by atoms with Crippen LogP contribution in [0.3, 0.4) is 0 Å². The van der Waals surface area contributed by atoms with E-state index < -0.39 is 0 Å². The van der Waals surface area contributed by atoms with Crippen molar-refractivity contribution in [1.82, 2.24) is 0 Å². The van der Waals surface area contributed by atoms with E-state index in [0.717, 1.165) is 35.2 Å². The summed E-state index contributed by atoms with van der Waals surface area (Å²) in [7, 11) is 2.05. The van der Waals surface area contributed by atoms with Crippen LogP contribution in [0.4, 0.5) is 11.4 Å². The van der Waals surface area contributed by atoms with Crippen LogP contribution in [0.5, 0.6) is 0 Å². The third kappa shape index (κ3) is 1.50. The predicted molar refractivity (Wildman–Crippen MR) is 61.3 cm³/mol. The van der Waals surface area contributed by atoms with E-state index in [2.05, 4.69) is 26.1 Å². The number of nitrogens with one attached hydrogen (secondary N) is 1. The summed E-state index contributed by atoms with van der Waals surface area (Å²) in [4.78, 5) is 12.9. The second kappa shape index (κ2) is 3.61. The topological polar surface area (TPSA) is 32.3 Å². The molecule has 0 unspecified atom stereocenters. The number of aldehydes is 1. The normalized spacial score (nSPS) is 14.6. The molecule has 0 fully saturated rings. The van der Waals surface area contributed by atoms with Crippen LogP contribution in [0.1, 0.15) is 10.4 Å². The quantitative estimate of drug-likeness (QED) is 0.780. The summed E-state index contributed by atoms with van der Waals surface area (Å²) >= 11 is 3.38. The van der Waals surface area contributed by atoms with Crippen molar-refractivity contribution in [1.29, 1.82) is 0 Å². The number of benzene rings is 1. The lowest BCUT2D eigenvalue weighted by Crippen LogP contribution is -2.30. The highest BCUT2D eigenvalue weighted by molar-refractivity contribution is 9.10. The molecule has 0 spiro atoms. The summed E-state index contributed by atoms with van der Waals surface area (Å²) in [5.74, 6) is 0. The summed E-state index contributed by atoms with van der Waals surface area (Å²) in [6.45, 7) is 1.91. The number of hydrogen-bond donors (Lipinski definition) is 1. The zero-order chi connectivity index (χ0) is 10.1. The highest BCUT2D eigenvalue weighted by Crippen LogP contribution is 2.33. The summed E-state index contributed by atoms with van der Waals surface area (Å²) in [6.07, 6.45) is 0.862. The Hall–Kier alpha value is -1.03. The van der Waals surface area contributed by atoms with Crippen molar-refractivity contribution < 1.29 is 4.79 Å². The van der Waals surface area contributed by atoms with Gasteiger partial charge < -0.3 is 10.2 Å². The average molecular weight is 255 g/mol. The minimum Gasteiger partial charge on any atom is -0.382 e. The first-order chi connectivity index (χ1) is 6.72. The number of anilines is 2. The standard InChI is InChI=1S/C10H11BrN2O/c1-13-3-2-12-9-4-7(6-14)8(11)5-10(9)13/h4-6,12H,2-3H2,1H3. The van der Waals surface area contributed by atoms with Crippen molar-refractivity contribution in [2.24, 2.45) is 0 Å². The molecule has 1 heterocycles. The largest absolute Gasteiger partial charge is 0.382 e. The van der Waals surface area contributed by atoms with Gasteiger partial charge in [0, 0.05) is 30.2 Å². The second-order valence-corrected chi connectivity index (χ2v) is 4.21. The molecule has 0 aliphatic carbocycles. The first-order valence-electron chi connectivity index (χ1n) is 4.46. The number of halogens is 1. The van der Waals surface area contributed by atoms with E-state index >= 15 is 0 Å². The number of carbonyl (C=O) groups excluding carboxylic acids is 1. The number of likely N-dealkylation sites (N-methyl/N-ethyl adjacent to an activating group) is 1. The van der Waals surface area contributed by atoms with Gasteiger partial charge in [0.1, 0.15) is 0 Å². The van der Waals surface area contributed by atoms with Crippen LogP contribution in [-0.4, -0.2) is 26.4 Å². The maximum atomic E-state index is 10.7. The van der Waals surface area contributed by atoms with Gasteiger partial charge in [0.05, 0.1) is 11.4 Å². The smallest absolute Gasteiger partial charge is 0.151 e. The fraction of sp³-hybridized carbons (Fsp3) is 0.300. The van der Waals surface area contributed by atoms with E-state index in [1.165, 1.54) is 0 Å². The minimum absolute atomic E-state index is 0.687. The Morgan fingerprint density at radius 1 is 1.57 bits per heavy atom. The molecule has 1 N–H and O–H groups in total. The molecule has 0 radical (unpaired) electrons. The number of rotatable bonds is 1. The summed E-state index contributed by atoms with van der Waals surface area (Å²) in [5.41, 5.74) is 2.85. The van der Waals surface area contributed by atoms with Crippen LogP contribution < -0.4 is 10.2 Å². The van der Waals surface area contributed by atoms with E-state index in [1.54, 1.807) is 0 Å². The third-order valence-electron chi connectivity index (χ3n) is 2.42. The zero-order valence-electron chi connectivity index (χ0n) is 7.88. The van der Waals surface area contributed by atoms with Gasteiger partial charge in [-0.1, -0.05) is 0 Å². The van der Waals surface area contributed by atoms with E-state index in [9.17, 15) is 4.79 Å². The Morgan fingerprint density at radius 3 is 3.07 bits per heavy atom. The van der Waals surface area contributed by atoms with Gasteiger partial charge in [-0.05, 0) is 28.1 Å². The summed E-state index contributed by atoms with van der Waals surface area (Å²) in [5, 5.41) is 3.27. The fourth-order valence-corrected chi connectivity index (χ4v) is 2.03. The van der Waals surface area contributed by atoms with Crippen LogP contribution in [0.25, 0.3) is 0 Å². The first kappa shape index (κ1) is 9.52. The molecule has 0 bridgehead atoms. The van der Waals surface area contributed by atoms with Crippen molar-refractivity contribution in [2.45, 2.75) is 0 Å². The fourth-order valence-electron chi connectivity index (χ4n) is 1.61. The molecule has 0 saturated carbocycles. The van der Waals surface area contributed by atoms with Crippen LogP contribution in [0.15, 0.2) is 16.6 Å². The van der Waals surface area contributed by atoms with Gasteiger partial charge in [-0.15, -0.1) is 0 Å². The highest BCUT2D eigenvalue weighted by atomic mass is 79.9. The Bertz CT molecular complexity index is 379. The molecular formula is C10H11BrN2O. The Labute approximate surface area is 91.2 Å². The highest BCUT2D eigenvalue weighted by Gasteiger charge is 2.15. The molecule has 3 nitrogen and oxygen atoms in total. The molecule has 1 aliphatic rings. The predicted octanol–water partition coefficient (Wildman–Crippen LogP) is 2.12. The van der Waals surface area contributed by atoms with Gasteiger partial charge in [-0.25, -0.2) is 0 Å². The van der Waals surface area contributed by atoms with Gasteiger partial charge in [0.25, 0.3) is 0 Å². The molecule has 2 rings (SSSR count). The van der Waals surface area contributed by atoms with Gasteiger partial charge >= 0.3 is 0 Å². The van der Waals surface area contributed by atoms with Crippen molar-refractivity contribution >= 4 is 33.6 Å². The summed E-state index contributed by atoms with van der Waals surface area (Å²) < 4.78 is 0.849. The molecule has 1 aromatic rings. The van der Waals surface area contributed by atoms with Crippen molar-refractivity contribution in [3.8, 4) is 0 Å².